The fourth-order valence-corrected chi connectivity index (χ4v) is 4.13. The molecule has 0 spiro atoms. The van der Waals surface area contributed by atoms with Crippen molar-refractivity contribution in [2.24, 2.45) is 0 Å². The van der Waals surface area contributed by atoms with Crippen molar-refractivity contribution in [1.29, 1.82) is 0 Å². The first kappa shape index (κ1) is 15.7. The Labute approximate surface area is 143 Å². The molecule has 0 radical (unpaired) electrons. The van der Waals surface area contributed by atoms with Crippen LogP contribution in [-0.4, -0.2) is 30.4 Å². The fraction of sp³-hybridized carbons (Fsp3) is 0.353. The molecule has 1 atom stereocenters. The lowest BCUT2D eigenvalue weighted by molar-refractivity contribution is 0.0938. The highest BCUT2D eigenvalue weighted by molar-refractivity contribution is 9.10. The SMILES string of the molecule is O=C(NCC(c1cccs1)N1CCCC1)c1cccc(Br)c1. The fourth-order valence-electron chi connectivity index (χ4n) is 2.86. The number of hydrogen-bond donors (Lipinski definition) is 1. The van der Waals surface area contributed by atoms with Gasteiger partial charge in [-0.05, 0) is 55.6 Å². The van der Waals surface area contributed by atoms with E-state index in [1.807, 2.05) is 24.3 Å². The number of carbonyl (C=O) groups excluding carboxylic acids is 1. The minimum Gasteiger partial charge on any atom is -0.350 e. The van der Waals surface area contributed by atoms with Crippen LogP contribution in [0.5, 0.6) is 0 Å². The molecule has 0 bridgehead atoms. The van der Waals surface area contributed by atoms with Crippen LogP contribution >= 0.6 is 27.3 Å². The van der Waals surface area contributed by atoms with Crippen molar-refractivity contribution < 1.29 is 4.79 Å². The van der Waals surface area contributed by atoms with Crippen molar-refractivity contribution in [3.8, 4) is 0 Å². The molecule has 1 amide bonds. The summed E-state index contributed by atoms with van der Waals surface area (Å²) < 4.78 is 0.925. The number of rotatable bonds is 5. The zero-order valence-corrected chi connectivity index (χ0v) is 14.7. The molecule has 1 aliphatic heterocycles. The maximum absolute atomic E-state index is 12.3. The second kappa shape index (κ2) is 7.40. The Kier molecular flexibility index (Phi) is 5.28. The van der Waals surface area contributed by atoms with Gasteiger partial charge in [-0.1, -0.05) is 28.1 Å². The van der Waals surface area contributed by atoms with Crippen LogP contribution < -0.4 is 5.32 Å². The number of likely N-dealkylation sites (tertiary alicyclic amines) is 1. The van der Waals surface area contributed by atoms with E-state index in [1.165, 1.54) is 17.7 Å². The van der Waals surface area contributed by atoms with Gasteiger partial charge < -0.3 is 5.32 Å². The van der Waals surface area contributed by atoms with E-state index < -0.39 is 0 Å². The highest BCUT2D eigenvalue weighted by atomic mass is 79.9. The molecular weight excluding hydrogens is 360 g/mol. The van der Waals surface area contributed by atoms with Crippen molar-refractivity contribution in [3.63, 3.8) is 0 Å². The van der Waals surface area contributed by atoms with Crippen LogP contribution in [-0.2, 0) is 0 Å². The third kappa shape index (κ3) is 3.77. The normalized spacial score (nSPS) is 16.6. The summed E-state index contributed by atoms with van der Waals surface area (Å²) >= 11 is 5.18. The Morgan fingerprint density at radius 3 is 2.77 bits per heavy atom. The molecule has 3 nitrogen and oxygen atoms in total. The molecule has 1 unspecified atom stereocenters. The summed E-state index contributed by atoms with van der Waals surface area (Å²) in [5.74, 6) is -0.0120. The number of carbonyl (C=O) groups is 1. The largest absolute Gasteiger partial charge is 0.350 e. The van der Waals surface area contributed by atoms with Gasteiger partial charge in [-0.2, -0.15) is 0 Å². The molecule has 2 heterocycles. The number of halogens is 1. The maximum Gasteiger partial charge on any atom is 0.251 e. The summed E-state index contributed by atoms with van der Waals surface area (Å²) in [6.07, 6.45) is 2.50. The van der Waals surface area contributed by atoms with E-state index in [4.69, 9.17) is 0 Å². The predicted molar refractivity (Wildman–Crippen MR) is 94.3 cm³/mol. The lowest BCUT2D eigenvalue weighted by Gasteiger charge is -2.26. The summed E-state index contributed by atoms with van der Waals surface area (Å²) in [5.41, 5.74) is 0.695. The lowest BCUT2D eigenvalue weighted by Crippen LogP contribution is -2.36. The Hall–Kier alpha value is -1.17. The van der Waals surface area contributed by atoms with E-state index in [2.05, 4.69) is 43.7 Å². The third-order valence-corrected chi connectivity index (χ3v) is 5.46. The monoisotopic (exact) mass is 378 g/mol. The quantitative estimate of drug-likeness (QED) is 0.849. The molecule has 0 aliphatic carbocycles. The molecule has 116 valence electrons. The van der Waals surface area contributed by atoms with Crippen molar-refractivity contribution >= 4 is 33.2 Å². The number of thiophene rings is 1. The van der Waals surface area contributed by atoms with Crippen LogP contribution in [0.1, 0.15) is 34.1 Å². The summed E-state index contributed by atoms with van der Waals surface area (Å²) in [6, 6.07) is 12.0. The van der Waals surface area contributed by atoms with Gasteiger partial charge in [0, 0.05) is 21.5 Å². The van der Waals surface area contributed by atoms with E-state index >= 15 is 0 Å². The molecule has 5 heteroatoms. The summed E-state index contributed by atoms with van der Waals surface area (Å²) in [7, 11) is 0. The van der Waals surface area contributed by atoms with Crippen LogP contribution in [0.2, 0.25) is 0 Å². The molecule has 0 saturated carbocycles. The number of nitrogens with one attached hydrogen (secondary N) is 1. The number of nitrogens with zero attached hydrogens (tertiary/aromatic N) is 1. The number of hydrogen-bond acceptors (Lipinski definition) is 3. The maximum atomic E-state index is 12.3. The van der Waals surface area contributed by atoms with Gasteiger partial charge in [-0.25, -0.2) is 0 Å². The highest BCUT2D eigenvalue weighted by Crippen LogP contribution is 2.27. The van der Waals surface area contributed by atoms with E-state index in [0.717, 1.165) is 17.6 Å². The van der Waals surface area contributed by atoms with Crippen LogP contribution in [0.3, 0.4) is 0 Å². The molecule has 1 aromatic carbocycles. The highest BCUT2D eigenvalue weighted by Gasteiger charge is 2.24. The number of benzene rings is 1. The van der Waals surface area contributed by atoms with Gasteiger partial charge in [0.2, 0.25) is 0 Å². The van der Waals surface area contributed by atoms with Gasteiger partial charge in [-0.3, -0.25) is 9.69 Å². The molecule has 1 aliphatic rings. The van der Waals surface area contributed by atoms with Crippen LogP contribution in [0.4, 0.5) is 0 Å². The zero-order chi connectivity index (χ0) is 15.4. The van der Waals surface area contributed by atoms with E-state index in [-0.39, 0.29) is 5.91 Å². The Bertz CT molecular complexity index is 623. The lowest BCUT2D eigenvalue weighted by atomic mass is 10.2. The minimum atomic E-state index is -0.0120. The van der Waals surface area contributed by atoms with E-state index in [0.29, 0.717) is 18.2 Å². The molecule has 3 rings (SSSR count). The van der Waals surface area contributed by atoms with Gasteiger partial charge in [-0.15, -0.1) is 11.3 Å². The smallest absolute Gasteiger partial charge is 0.251 e. The van der Waals surface area contributed by atoms with Gasteiger partial charge in [0.05, 0.1) is 6.04 Å². The third-order valence-electron chi connectivity index (χ3n) is 4.00. The van der Waals surface area contributed by atoms with Crippen LogP contribution in [0.15, 0.2) is 46.3 Å². The minimum absolute atomic E-state index is 0.0120. The standard InChI is InChI=1S/C17H19BrN2OS/c18-14-6-3-5-13(11-14)17(21)19-12-15(16-7-4-10-22-16)20-8-1-2-9-20/h3-7,10-11,15H,1-2,8-9,12H2,(H,19,21). The molecule has 2 aromatic rings. The molecule has 1 aromatic heterocycles. The summed E-state index contributed by atoms with van der Waals surface area (Å²) in [4.78, 5) is 16.1. The van der Waals surface area contributed by atoms with Gasteiger partial charge in [0.1, 0.15) is 0 Å². The van der Waals surface area contributed by atoms with Crippen LogP contribution in [0.25, 0.3) is 0 Å². The predicted octanol–water partition coefficient (Wildman–Crippen LogP) is 4.08. The molecule has 1 N–H and O–H groups in total. The summed E-state index contributed by atoms with van der Waals surface area (Å²) in [6.45, 7) is 2.90. The Morgan fingerprint density at radius 1 is 1.27 bits per heavy atom. The molecular formula is C17H19BrN2OS. The van der Waals surface area contributed by atoms with Crippen molar-refractivity contribution in [2.75, 3.05) is 19.6 Å². The molecule has 22 heavy (non-hydrogen) atoms. The first-order chi connectivity index (χ1) is 10.7. The van der Waals surface area contributed by atoms with Crippen molar-refractivity contribution in [1.82, 2.24) is 10.2 Å². The zero-order valence-electron chi connectivity index (χ0n) is 12.3. The average Bonchev–Trinajstić information content (AvgIpc) is 3.21. The Balaban J connectivity index is 1.67. The molecule has 1 fully saturated rings. The van der Waals surface area contributed by atoms with Crippen molar-refractivity contribution in [2.45, 2.75) is 18.9 Å². The van der Waals surface area contributed by atoms with Gasteiger partial charge in [0.25, 0.3) is 5.91 Å². The van der Waals surface area contributed by atoms with Gasteiger partial charge in [0.15, 0.2) is 0 Å². The average molecular weight is 379 g/mol. The second-order valence-electron chi connectivity index (χ2n) is 5.49. The Morgan fingerprint density at radius 2 is 2.09 bits per heavy atom. The number of amides is 1. The van der Waals surface area contributed by atoms with Gasteiger partial charge >= 0.3 is 0 Å². The van der Waals surface area contributed by atoms with Crippen LogP contribution in [0, 0.1) is 0 Å². The van der Waals surface area contributed by atoms with E-state index in [9.17, 15) is 4.79 Å². The van der Waals surface area contributed by atoms with Crippen molar-refractivity contribution in [3.05, 3.63) is 56.7 Å². The second-order valence-corrected chi connectivity index (χ2v) is 7.39. The topological polar surface area (TPSA) is 32.3 Å². The summed E-state index contributed by atoms with van der Waals surface area (Å²) in [5, 5.41) is 5.20. The molecule has 1 saturated heterocycles. The first-order valence-corrected chi connectivity index (χ1v) is 9.22. The van der Waals surface area contributed by atoms with E-state index in [1.54, 1.807) is 11.3 Å². The first-order valence-electron chi connectivity index (χ1n) is 7.55.